The van der Waals surface area contributed by atoms with Gasteiger partial charge in [0.15, 0.2) is 5.69 Å². The Kier molecular flexibility index (Phi) is 5.02. The van der Waals surface area contributed by atoms with Crippen molar-refractivity contribution in [1.82, 2.24) is 9.55 Å². The van der Waals surface area contributed by atoms with E-state index in [2.05, 4.69) is 18.8 Å². The van der Waals surface area contributed by atoms with E-state index in [0.717, 1.165) is 12.1 Å². The summed E-state index contributed by atoms with van der Waals surface area (Å²) in [5.74, 6) is 0.00501. The minimum absolute atomic E-state index is 0.311. The lowest BCUT2D eigenvalue weighted by atomic mass is 10.1. The Morgan fingerprint density at radius 1 is 1.38 bits per heavy atom. The first-order chi connectivity index (χ1) is 10.0. The first-order valence-electron chi connectivity index (χ1n) is 7.01. The number of aromatic nitrogens is 2. The van der Waals surface area contributed by atoms with Crippen LogP contribution >= 0.6 is 11.6 Å². The van der Waals surface area contributed by atoms with E-state index in [9.17, 15) is 4.79 Å². The molecule has 0 N–H and O–H groups in total. The Morgan fingerprint density at radius 2 is 2.10 bits per heavy atom. The molecule has 0 amide bonds. The molecule has 1 heterocycles. The number of ether oxygens (including phenoxy) is 1. The third-order valence-corrected chi connectivity index (χ3v) is 3.33. The van der Waals surface area contributed by atoms with E-state index >= 15 is 0 Å². The standard InChI is InChI=1S/C16H19ClN2O2/c1-4-21-16(20)14-15(12-7-5-6-8-13(12)17)19(10-18-14)9-11(2)3/h5-8,10-11H,4,9H2,1-3H3. The number of hydrogen-bond acceptors (Lipinski definition) is 3. The minimum Gasteiger partial charge on any atom is -0.461 e. The van der Waals surface area contributed by atoms with Gasteiger partial charge in [0.2, 0.25) is 0 Å². The van der Waals surface area contributed by atoms with Crippen molar-refractivity contribution in [2.24, 2.45) is 5.92 Å². The third-order valence-electron chi connectivity index (χ3n) is 3.00. The molecule has 1 aromatic carbocycles. The van der Waals surface area contributed by atoms with E-state index in [1.165, 1.54) is 0 Å². The molecule has 0 radical (unpaired) electrons. The van der Waals surface area contributed by atoms with Gasteiger partial charge in [-0.05, 0) is 18.9 Å². The summed E-state index contributed by atoms with van der Waals surface area (Å²) in [5.41, 5.74) is 1.82. The molecule has 0 bridgehead atoms. The van der Waals surface area contributed by atoms with Crippen molar-refractivity contribution in [1.29, 1.82) is 0 Å². The Balaban J connectivity index is 2.56. The molecule has 0 saturated carbocycles. The first kappa shape index (κ1) is 15.6. The van der Waals surface area contributed by atoms with Gasteiger partial charge in [-0.1, -0.05) is 43.6 Å². The van der Waals surface area contributed by atoms with Crippen LogP contribution in [0.15, 0.2) is 30.6 Å². The predicted octanol–water partition coefficient (Wildman–Crippen LogP) is 4.04. The van der Waals surface area contributed by atoms with Gasteiger partial charge in [0.1, 0.15) is 0 Å². The molecule has 0 aliphatic heterocycles. The zero-order valence-electron chi connectivity index (χ0n) is 12.5. The van der Waals surface area contributed by atoms with Crippen LogP contribution in [0.3, 0.4) is 0 Å². The second-order valence-electron chi connectivity index (χ2n) is 5.19. The molecule has 0 aliphatic rings. The number of nitrogens with zero attached hydrogens (tertiary/aromatic N) is 2. The smallest absolute Gasteiger partial charge is 0.359 e. The van der Waals surface area contributed by atoms with Gasteiger partial charge < -0.3 is 9.30 Å². The van der Waals surface area contributed by atoms with E-state index in [1.807, 2.05) is 22.8 Å². The van der Waals surface area contributed by atoms with Gasteiger partial charge in [-0.3, -0.25) is 0 Å². The third kappa shape index (κ3) is 3.45. The van der Waals surface area contributed by atoms with Gasteiger partial charge >= 0.3 is 5.97 Å². The summed E-state index contributed by atoms with van der Waals surface area (Å²) in [7, 11) is 0. The lowest BCUT2D eigenvalue weighted by Gasteiger charge is -2.13. The molecule has 0 fully saturated rings. The van der Waals surface area contributed by atoms with Crippen LogP contribution in [0.2, 0.25) is 5.02 Å². The molecule has 2 aromatic rings. The summed E-state index contributed by atoms with van der Waals surface area (Å²) in [6, 6.07) is 7.44. The largest absolute Gasteiger partial charge is 0.461 e. The van der Waals surface area contributed by atoms with Gasteiger partial charge in [-0.15, -0.1) is 0 Å². The molecule has 0 saturated heterocycles. The van der Waals surface area contributed by atoms with Crippen LogP contribution in [-0.2, 0) is 11.3 Å². The van der Waals surface area contributed by atoms with Gasteiger partial charge in [0.05, 0.1) is 18.6 Å². The highest BCUT2D eigenvalue weighted by atomic mass is 35.5. The van der Waals surface area contributed by atoms with E-state index in [-0.39, 0.29) is 0 Å². The molecule has 0 spiro atoms. The average molecular weight is 307 g/mol. The number of carbonyl (C=O) groups is 1. The maximum absolute atomic E-state index is 12.1. The van der Waals surface area contributed by atoms with Crippen molar-refractivity contribution in [2.75, 3.05) is 6.61 Å². The topological polar surface area (TPSA) is 44.1 Å². The van der Waals surface area contributed by atoms with Crippen LogP contribution in [0.5, 0.6) is 0 Å². The number of halogens is 1. The zero-order chi connectivity index (χ0) is 15.4. The molecule has 0 unspecified atom stereocenters. The van der Waals surface area contributed by atoms with E-state index in [1.54, 1.807) is 19.3 Å². The normalized spacial score (nSPS) is 10.9. The summed E-state index contributed by atoms with van der Waals surface area (Å²) in [4.78, 5) is 16.3. The highest BCUT2D eigenvalue weighted by molar-refractivity contribution is 6.33. The Labute approximate surface area is 129 Å². The molecule has 4 nitrogen and oxygen atoms in total. The SMILES string of the molecule is CCOC(=O)c1ncn(CC(C)C)c1-c1ccccc1Cl. The van der Waals surface area contributed by atoms with Gasteiger partial charge in [-0.25, -0.2) is 9.78 Å². The summed E-state index contributed by atoms with van der Waals surface area (Å²) in [5, 5.41) is 0.591. The van der Waals surface area contributed by atoms with E-state index in [0.29, 0.717) is 28.9 Å². The maximum Gasteiger partial charge on any atom is 0.359 e. The van der Waals surface area contributed by atoms with Crippen LogP contribution in [0.1, 0.15) is 31.3 Å². The van der Waals surface area contributed by atoms with Crippen LogP contribution in [0.25, 0.3) is 11.3 Å². The molecule has 1 aromatic heterocycles. The quantitative estimate of drug-likeness (QED) is 0.783. The summed E-state index contributed by atoms with van der Waals surface area (Å²) in [6.45, 7) is 7.07. The lowest BCUT2D eigenvalue weighted by molar-refractivity contribution is 0.0521. The van der Waals surface area contributed by atoms with Crippen LogP contribution < -0.4 is 0 Å². The molecule has 5 heteroatoms. The monoisotopic (exact) mass is 306 g/mol. The van der Waals surface area contributed by atoms with Crippen molar-refractivity contribution >= 4 is 17.6 Å². The predicted molar refractivity (Wildman–Crippen MR) is 83.5 cm³/mol. The second-order valence-corrected chi connectivity index (χ2v) is 5.60. The van der Waals surface area contributed by atoms with Crippen molar-refractivity contribution in [3.05, 3.63) is 41.3 Å². The number of benzene rings is 1. The number of carbonyl (C=O) groups excluding carboxylic acids is 1. The lowest BCUT2D eigenvalue weighted by Crippen LogP contribution is -2.10. The Bertz CT molecular complexity index is 635. The van der Waals surface area contributed by atoms with Gasteiger partial charge in [0, 0.05) is 17.1 Å². The summed E-state index contributed by atoms with van der Waals surface area (Å²) < 4.78 is 7.05. The van der Waals surface area contributed by atoms with Crippen molar-refractivity contribution in [3.8, 4) is 11.3 Å². The van der Waals surface area contributed by atoms with Crippen molar-refractivity contribution in [2.45, 2.75) is 27.3 Å². The molecular formula is C16H19ClN2O2. The molecule has 0 aliphatic carbocycles. The minimum atomic E-state index is -0.421. The first-order valence-corrected chi connectivity index (χ1v) is 7.39. The number of rotatable bonds is 5. The van der Waals surface area contributed by atoms with E-state index < -0.39 is 5.97 Å². The molecule has 112 valence electrons. The Hall–Kier alpha value is -1.81. The molecular weight excluding hydrogens is 288 g/mol. The number of hydrogen-bond donors (Lipinski definition) is 0. The highest BCUT2D eigenvalue weighted by Crippen LogP contribution is 2.31. The molecule has 0 atom stereocenters. The summed E-state index contributed by atoms with van der Waals surface area (Å²) in [6.07, 6.45) is 1.67. The van der Waals surface area contributed by atoms with Crippen LogP contribution in [0, 0.1) is 5.92 Å². The van der Waals surface area contributed by atoms with E-state index in [4.69, 9.17) is 16.3 Å². The fraction of sp³-hybridized carbons (Fsp3) is 0.375. The fourth-order valence-corrected chi connectivity index (χ4v) is 2.42. The average Bonchev–Trinajstić information content (AvgIpc) is 2.82. The van der Waals surface area contributed by atoms with Gasteiger partial charge in [0.25, 0.3) is 0 Å². The van der Waals surface area contributed by atoms with Gasteiger partial charge in [-0.2, -0.15) is 0 Å². The Morgan fingerprint density at radius 3 is 2.71 bits per heavy atom. The maximum atomic E-state index is 12.1. The summed E-state index contributed by atoms with van der Waals surface area (Å²) >= 11 is 6.28. The van der Waals surface area contributed by atoms with Crippen LogP contribution in [-0.4, -0.2) is 22.1 Å². The molecule has 21 heavy (non-hydrogen) atoms. The van der Waals surface area contributed by atoms with Crippen molar-refractivity contribution < 1.29 is 9.53 Å². The number of imidazole rings is 1. The highest BCUT2D eigenvalue weighted by Gasteiger charge is 2.22. The zero-order valence-corrected chi connectivity index (χ0v) is 13.2. The number of esters is 1. The van der Waals surface area contributed by atoms with Crippen LogP contribution in [0.4, 0.5) is 0 Å². The second kappa shape index (κ2) is 6.76. The van der Waals surface area contributed by atoms with Crippen molar-refractivity contribution in [3.63, 3.8) is 0 Å². The molecule has 2 rings (SSSR count). The fourth-order valence-electron chi connectivity index (χ4n) is 2.20.